The van der Waals surface area contributed by atoms with E-state index >= 15 is 0 Å². The van der Waals surface area contributed by atoms with E-state index in [1.165, 1.54) is 12.8 Å². The minimum atomic E-state index is -0.146. The Kier molecular flexibility index (Phi) is 4.95. The molecule has 0 bridgehead atoms. The van der Waals surface area contributed by atoms with Gasteiger partial charge in [0.2, 0.25) is 5.91 Å². The van der Waals surface area contributed by atoms with Gasteiger partial charge in [-0.15, -0.1) is 0 Å². The number of amides is 1. The van der Waals surface area contributed by atoms with Crippen LogP contribution in [0.1, 0.15) is 46.5 Å². The molecule has 3 N–H and O–H groups in total. The third-order valence-corrected chi connectivity index (χ3v) is 4.12. The first kappa shape index (κ1) is 14.5. The van der Waals surface area contributed by atoms with E-state index < -0.39 is 0 Å². The maximum absolute atomic E-state index is 12.1. The number of nitrogens with two attached hydrogens (primary N) is 1. The number of carbonyl (C=O) groups excluding carboxylic acids is 1. The summed E-state index contributed by atoms with van der Waals surface area (Å²) in [4.78, 5) is 14.2. The number of carbonyl (C=O) groups is 1. The Labute approximate surface area is 105 Å². The van der Waals surface area contributed by atoms with E-state index in [2.05, 4.69) is 24.1 Å². The summed E-state index contributed by atoms with van der Waals surface area (Å²) in [5.74, 6) is 0.126. The monoisotopic (exact) mass is 241 g/mol. The van der Waals surface area contributed by atoms with E-state index in [1.807, 2.05) is 14.0 Å². The smallest absolute Gasteiger partial charge is 0.237 e. The lowest BCUT2D eigenvalue weighted by molar-refractivity contribution is -0.127. The third kappa shape index (κ3) is 3.68. The third-order valence-electron chi connectivity index (χ3n) is 4.12. The van der Waals surface area contributed by atoms with Crippen LogP contribution in [0.3, 0.4) is 0 Å². The van der Waals surface area contributed by atoms with E-state index in [4.69, 9.17) is 5.73 Å². The van der Waals surface area contributed by atoms with Crippen molar-refractivity contribution in [2.75, 3.05) is 13.6 Å². The van der Waals surface area contributed by atoms with Crippen LogP contribution in [0, 0.1) is 0 Å². The Morgan fingerprint density at radius 1 is 1.47 bits per heavy atom. The highest BCUT2D eigenvalue weighted by molar-refractivity contribution is 5.81. The lowest BCUT2D eigenvalue weighted by atomic mass is 10.0. The molecule has 0 heterocycles. The maximum Gasteiger partial charge on any atom is 0.237 e. The van der Waals surface area contributed by atoms with Gasteiger partial charge >= 0.3 is 0 Å². The van der Waals surface area contributed by atoms with Gasteiger partial charge in [-0.3, -0.25) is 9.69 Å². The van der Waals surface area contributed by atoms with Crippen molar-refractivity contribution in [3.05, 3.63) is 0 Å². The molecule has 1 amide bonds. The van der Waals surface area contributed by atoms with E-state index in [-0.39, 0.29) is 17.5 Å². The SMILES string of the molecule is CC(C(=O)NC1CCCC1)N(C)C(C)(C)CN. The molecule has 4 nitrogen and oxygen atoms in total. The van der Waals surface area contributed by atoms with Gasteiger partial charge in [-0.05, 0) is 40.7 Å². The van der Waals surface area contributed by atoms with Crippen LogP contribution in [0.5, 0.6) is 0 Å². The number of nitrogens with one attached hydrogen (secondary N) is 1. The zero-order valence-corrected chi connectivity index (χ0v) is 11.6. The van der Waals surface area contributed by atoms with Gasteiger partial charge in [0, 0.05) is 18.1 Å². The van der Waals surface area contributed by atoms with Gasteiger partial charge in [-0.1, -0.05) is 12.8 Å². The van der Waals surface area contributed by atoms with Crippen LogP contribution < -0.4 is 11.1 Å². The number of rotatable bonds is 5. The van der Waals surface area contributed by atoms with Gasteiger partial charge in [0.25, 0.3) is 0 Å². The molecule has 1 fully saturated rings. The maximum atomic E-state index is 12.1. The summed E-state index contributed by atoms with van der Waals surface area (Å²) in [6, 6.07) is 0.258. The molecule has 1 atom stereocenters. The molecular weight excluding hydrogens is 214 g/mol. The molecule has 1 saturated carbocycles. The van der Waals surface area contributed by atoms with Crippen LogP contribution in [0.2, 0.25) is 0 Å². The molecule has 17 heavy (non-hydrogen) atoms. The van der Waals surface area contributed by atoms with Crippen molar-refractivity contribution in [2.45, 2.75) is 64.1 Å². The summed E-state index contributed by atoms with van der Waals surface area (Å²) in [6.45, 7) is 6.62. The van der Waals surface area contributed by atoms with Crippen LogP contribution in [-0.2, 0) is 4.79 Å². The Bertz CT molecular complexity index is 259. The van der Waals surface area contributed by atoms with Gasteiger partial charge in [-0.2, -0.15) is 0 Å². The van der Waals surface area contributed by atoms with Crippen molar-refractivity contribution in [3.63, 3.8) is 0 Å². The molecule has 1 aliphatic carbocycles. The Morgan fingerprint density at radius 2 is 2.00 bits per heavy atom. The van der Waals surface area contributed by atoms with Crippen LogP contribution in [0.4, 0.5) is 0 Å². The molecule has 4 heteroatoms. The zero-order valence-electron chi connectivity index (χ0n) is 11.6. The largest absolute Gasteiger partial charge is 0.352 e. The fourth-order valence-corrected chi connectivity index (χ4v) is 2.24. The highest BCUT2D eigenvalue weighted by Crippen LogP contribution is 2.19. The van der Waals surface area contributed by atoms with Crippen LogP contribution in [-0.4, -0.2) is 42.0 Å². The molecule has 0 aromatic heterocycles. The van der Waals surface area contributed by atoms with Crippen LogP contribution >= 0.6 is 0 Å². The van der Waals surface area contributed by atoms with Gasteiger partial charge in [0.1, 0.15) is 0 Å². The molecule has 100 valence electrons. The summed E-state index contributed by atoms with van der Waals surface area (Å²) in [5.41, 5.74) is 5.59. The second kappa shape index (κ2) is 5.83. The molecule has 1 aliphatic rings. The van der Waals surface area contributed by atoms with E-state index in [1.54, 1.807) is 0 Å². The van der Waals surface area contributed by atoms with Gasteiger partial charge in [0.05, 0.1) is 6.04 Å². The molecule has 0 radical (unpaired) electrons. The summed E-state index contributed by atoms with van der Waals surface area (Å²) >= 11 is 0. The molecule has 1 rings (SSSR count). The topological polar surface area (TPSA) is 58.4 Å². The van der Waals surface area contributed by atoms with Crippen molar-refractivity contribution in [2.24, 2.45) is 5.73 Å². The molecular formula is C13H27N3O. The lowest BCUT2D eigenvalue weighted by Gasteiger charge is -2.38. The van der Waals surface area contributed by atoms with Crippen molar-refractivity contribution < 1.29 is 4.79 Å². The normalized spacial score (nSPS) is 19.6. The zero-order chi connectivity index (χ0) is 13.1. The van der Waals surface area contributed by atoms with Crippen molar-refractivity contribution in [3.8, 4) is 0 Å². The predicted molar refractivity (Wildman–Crippen MR) is 70.8 cm³/mol. The molecule has 0 aromatic rings. The number of hydrogen-bond donors (Lipinski definition) is 2. The second-order valence-corrected chi connectivity index (χ2v) is 5.79. The summed E-state index contributed by atoms with van der Waals surface area (Å²) in [5, 5.41) is 3.13. The Balaban J connectivity index is 2.50. The Hall–Kier alpha value is -0.610. The van der Waals surface area contributed by atoms with Gasteiger partial charge < -0.3 is 11.1 Å². The fraction of sp³-hybridized carbons (Fsp3) is 0.923. The Morgan fingerprint density at radius 3 is 2.47 bits per heavy atom. The molecule has 1 unspecified atom stereocenters. The van der Waals surface area contributed by atoms with Crippen LogP contribution in [0.25, 0.3) is 0 Å². The summed E-state index contributed by atoms with van der Waals surface area (Å²) in [7, 11) is 1.96. The summed E-state index contributed by atoms with van der Waals surface area (Å²) < 4.78 is 0. The standard InChI is InChI=1S/C13H27N3O/c1-10(16(4)13(2,3)9-14)12(17)15-11-7-5-6-8-11/h10-11H,5-9,14H2,1-4H3,(H,15,17). The average Bonchev–Trinajstić information content (AvgIpc) is 2.79. The van der Waals surface area contributed by atoms with Crippen LogP contribution in [0.15, 0.2) is 0 Å². The number of likely N-dealkylation sites (N-methyl/N-ethyl adjacent to an activating group) is 1. The van der Waals surface area contributed by atoms with Crippen molar-refractivity contribution in [1.82, 2.24) is 10.2 Å². The number of hydrogen-bond acceptors (Lipinski definition) is 3. The van der Waals surface area contributed by atoms with Gasteiger partial charge in [-0.25, -0.2) is 0 Å². The quantitative estimate of drug-likeness (QED) is 0.758. The molecule has 0 aromatic carbocycles. The molecule has 0 aliphatic heterocycles. The second-order valence-electron chi connectivity index (χ2n) is 5.79. The first-order valence-electron chi connectivity index (χ1n) is 6.62. The minimum absolute atomic E-state index is 0.126. The predicted octanol–water partition coefficient (Wildman–Crippen LogP) is 1.10. The first-order chi connectivity index (χ1) is 7.88. The first-order valence-corrected chi connectivity index (χ1v) is 6.62. The average molecular weight is 241 g/mol. The van der Waals surface area contributed by atoms with Crippen molar-refractivity contribution in [1.29, 1.82) is 0 Å². The molecule has 0 spiro atoms. The fourth-order valence-electron chi connectivity index (χ4n) is 2.24. The van der Waals surface area contributed by atoms with Gasteiger partial charge in [0.15, 0.2) is 0 Å². The summed E-state index contributed by atoms with van der Waals surface area (Å²) in [6.07, 6.45) is 4.73. The van der Waals surface area contributed by atoms with E-state index in [0.29, 0.717) is 12.6 Å². The minimum Gasteiger partial charge on any atom is -0.352 e. The highest BCUT2D eigenvalue weighted by Gasteiger charge is 2.30. The number of nitrogens with zero attached hydrogens (tertiary/aromatic N) is 1. The molecule has 0 saturated heterocycles. The highest BCUT2D eigenvalue weighted by atomic mass is 16.2. The van der Waals surface area contributed by atoms with E-state index in [0.717, 1.165) is 12.8 Å². The van der Waals surface area contributed by atoms with Crippen molar-refractivity contribution >= 4 is 5.91 Å². The van der Waals surface area contributed by atoms with E-state index in [9.17, 15) is 4.79 Å². The lowest BCUT2D eigenvalue weighted by Crippen LogP contribution is -2.56.